The molecule has 5 aliphatic rings. The van der Waals surface area contributed by atoms with Gasteiger partial charge in [-0.25, -0.2) is 9.97 Å². The highest BCUT2D eigenvalue weighted by Crippen LogP contribution is 2.69. The molecule has 7 nitrogen and oxygen atoms in total. The third-order valence-electron chi connectivity index (χ3n) is 10.7. The fourth-order valence-electron chi connectivity index (χ4n) is 9.05. The third kappa shape index (κ3) is 3.73. The topological polar surface area (TPSA) is 98.6 Å². The van der Waals surface area contributed by atoms with Crippen molar-refractivity contribution in [1.29, 1.82) is 0 Å². The molecule has 4 aliphatic carbocycles. The van der Waals surface area contributed by atoms with E-state index in [1.54, 1.807) is 18.3 Å². The van der Waals surface area contributed by atoms with Gasteiger partial charge < -0.3 is 14.6 Å². The number of carbonyl (C=O) groups is 2. The maximum absolute atomic E-state index is 14.4. The van der Waals surface area contributed by atoms with Gasteiger partial charge in [-0.05, 0) is 68.2 Å². The zero-order chi connectivity index (χ0) is 27.9. The van der Waals surface area contributed by atoms with E-state index >= 15 is 0 Å². The van der Waals surface area contributed by atoms with E-state index in [1.807, 2.05) is 18.2 Å². The number of aliphatic hydroxyl groups is 1. The Balaban J connectivity index is 1.22. The number of ether oxygens (including phenoxy) is 2. The number of nitrogens with zero attached hydrogens (tertiary/aromatic N) is 2. The average Bonchev–Trinajstić information content (AvgIpc) is 3.57. The van der Waals surface area contributed by atoms with E-state index in [0.717, 1.165) is 52.4 Å². The van der Waals surface area contributed by atoms with Crippen LogP contribution in [0.2, 0.25) is 0 Å². The number of aromatic nitrogens is 2. The maximum atomic E-state index is 14.4. The minimum absolute atomic E-state index is 0.00281. The van der Waals surface area contributed by atoms with Gasteiger partial charge in [0.15, 0.2) is 27.8 Å². The van der Waals surface area contributed by atoms with Gasteiger partial charge in [0, 0.05) is 22.9 Å². The number of thioether (sulfide) groups is 1. The van der Waals surface area contributed by atoms with Gasteiger partial charge in [-0.15, -0.1) is 0 Å². The van der Waals surface area contributed by atoms with Crippen molar-refractivity contribution in [3.63, 3.8) is 0 Å². The highest BCUT2D eigenvalue weighted by atomic mass is 32.2. The van der Waals surface area contributed by atoms with Crippen LogP contribution < -0.4 is 0 Å². The fraction of sp³-hybridized carbons (Fsp3) is 0.613. The molecule has 212 valence electrons. The summed E-state index contributed by atoms with van der Waals surface area (Å²) >= 11 is 2.95. The van der Waals surface area contributed by atoms with Crippen molar-refractivity contribution < 1.29 is 24.2 Å². The first-order valence-electron chi connectivity index (χ1n) is 14.5. The lowest BCUT2D eigenvalue weighted by Gasteiger charge is -2.59. The van der Waals surface area contributed by atoms with E-state index in [9.17, 15) is 14.7 Å². The smallest absolute Gasteiger partial charge is 0.178 e. The molecule has 1 N–H and O–H groups in total. The lowest BCUT2D eigenvalue weighted by Crippen LogP contribution is -2.63. The monoisotopic (exact) mass is 580 g/mol. The average molecular weight is 581 g/mol. The summed E-state index contributed by atoms with van der Waals surface area (Å²) in [7, 11) is 0. The third-order valence-corrected chi connectivity index (χ3v) is 12.8. The summed E-state index contributed by atoms with van der Waals surface area (Å²) in [6.07, 6.45) is 10.5. The summed E-state index contributed by atoms with van der Waals surface area (Å²) in [5, 5.41) is 11.9. The molecular formula is C31H36N2O5S2. The molecule has 1 saturated heterocycles. The van der Waals surface area contributed by atoms with E-state index in [0.29, 0.717) is 6.42 Å². The molecule has 4 fully saturated rings. The number of fused-ring (bicyclic) bond motifs is 8. The highest BCUT2D eigenvalue weighted by Gasteiger charge is 2.75. The summed E-state index contributed by atoms with van der Waals surface area (Å²) in [5.41, 5.74) is -0.0329. The molecule has 0 amide bonds. The SMILES string of the molecule is CCCC1O[C@@H]2CC3C4CCC5=CC(=O)C=CC5(C)C4[C@@H](O)CC3(C)[C@]2(C(=O)CSc2nc3cccnc3s2)O1. The first-order valence-corrected chi connectivity index (χ1v) is 16.3. The Bertz CT molecular complexity index is 1400. The predicted octanol–water partition coefficient (Wildman–Crippen LogP) is 5.52. The standard InChI is InChI=1S/C31H36N2O5S2/c1-4-6-25-37-24-14-20-19-9-8-17-13-18(34)10-11-29(17,2)26(19)22(35)15-30(20,3)31(24,38-25)23(36)16-39-28-33-21-7-5-12-32-27(21)40-28/h5,7,10-13,19-20,22,24-26,35H,4,6,8-9,14-16H2,1-3H3/t19?,20?,22-,24+,25?,26?,29?,30?,31+/m0/s1. The van der Waals surface area contributed by atoms with Gasteiger partial charge in [0.25, 0.3) is 0 Å². The van der Waals surface area contributed by atoms with Gasteiger partial charge in [0.1, 0.15) is 10.3 Å². The van der Waals surface area contributed by atoms with Crippen LogP contribution in [0.5, 0.6) is 0 Å². The Hall–Kier alpha value is -1.91. The zero-order valence-electron chi connectivity index (χ0n) is 23.2. The van der Waals surface area contributed by atoms with Gasteiger partial charge in [-0.1, -0.05) is 61.9 Å². The van der Waals surface area contributed by atoms with E-state index < -0.39 is 23.4 Å². The molecule has 0 radical (unpaired) electrons. The van der Waals surface area contributed by atoms with Crippen LogP contribution >= 0.6 is 23.1 Å². The molecule has 9 atom stereocenters. The number of allylic oxidation sites excluding steroid dienone is 4. The van der Waals surface area contributed by atoms with Crippen LogP contribution in [0.3, 0.4) is 0 Å². The number of hydrogen-bond acceptors (Lipinski definition) is 9. The van der Waals surface area contributed by atoms with Crippen molar-refractivity contribution in [3.8, 4) is 0 Å². The van der Waals surface area contributed by atoms with Gasteiger partial charge in [-0.2, -0.15) is 0 Å². The van der Waals surface area contributed by atoms with Crippen LogP contribution in [-0.2, 0) is 19.1 Å². The summed E-state index contributed by atoms with van der Waals surface area (Å²) < 4.78 is 14.1. The molecular weight excluding hydrogens is 544 g/mol. The first kappa shape index (κ1) is 27.0. The molecule has 3 heterocycles. The number of hydrogen-bond donors (Lipinski definition) is 1. The summed E-state index contributed by atoms with van der Waals surface area (Å²) in [6.45, 7) is 6.45. The second-order valence-corrected chi connectivity index (χ2v) is 14.9. The van der Waals surface area contributed by atoms with Crippen molar-refractivity contribution in [2.75, 3.05) is 5.75 Å². The minimum atomic E-state index is -1.10. The van der Waals surface area contributed by atoms with Gasteiger partial charge in [0.2, 0.25) is 0 Å². The number of Topliss-reactive ketones (excluding diaryl/α,β-unsaturated/α-hetero) is 1. The number of carbonyl (C=O) groups excluding carboxylic acids is 2. The molecule has 0 spiro atoms. The van der Waals surface area contributed by atoms with Crippen molar-refractivity contribution in [2.24, 2.45) is 28.6 Å². The summed E-state index contributed by atoms with van der Waals surface area (Å²) in [5.74, 6) is 0.695. The Morgan fingerprint density at radius 3 is 2.98 bits per heavy atom. The molecule has 40 heavy (non-hydrogen) atoms. The van der Waals surface area contributed by atoms with E-state index in [1.165, 1.54) is 23.1 Å². The second-order valence-electron chi connectivity index (χ2n) is 12.7. The van der Waals surface area contributed by atoms with Crippen LogP contribution in [0, 0.1) is 28.6 Å². The Kier molecular flexibility index (Phi) is 6.44. The van der Waals surface area contributed by atoms with E-state index in [-0.39, 0.29) is 46.6 Å². The highest BCUT2D eigenvalue weighted by molar-refractivity contribution is 8.01. The number of rotatable bonds is 6. The van der Waals surface area contributed by atoms with Gasteiger partial charge in [-0.3, -0.25) is 9.59 Å². The molecule has 2 aromatic rings. The summed E-state index contributed by atoms with van der Waals surface area (Å²) in [6, 6.07) is 3.81. The fourth-order valence-corrected chi connectivity index (χ4v) is 11.0. The molecule has 2 aromatic heterocycles. The Morgan fingerprint density at radius 2 is 2.17 bits per heavy atom. The van der Waals surface area contributed by atoms with Gasteiger partial charge >= 0.3 is 0 Å². The minimum Gasteiger partial charge on any atom is -0.393 e. The van der Waals surface area contributed by atoms with Crippen molar-refractivity contribution in [3.05, 3.63) is 42.1 Å². The largest absolute Gasteiger partial charge is 0.393 e. The number of pyridine rings is 1. The lowest BCUT2D eigenvalue weighted by atomic mass is 9.46. The zero-order valence-corrected chi connectivity index (χ0v) is 24.8. The quantitative estimate of drug-likeness (QED) is 0.446. The molecule has 3 saturated carbocycles. The molecule has 0 bridgehead atoms. The normalized spacial score (nSPS) is 41.8. The van der Waals surface area contributed by atoms with E-state index in [2.05, 4.69) is 30.7 Å². The Labute approximate surface area is 242 Å². The van der Waals surface area contributed by atoms with Gasteiger partial charge in [0.05, 0.1) is 18.0 Å². The van der Waals surface area contributed by atoms with Crippen LogP contribution in [0.4, 0.5) is 0 Å². The number of ketones is 2. The van der Waals surface area contributed by atoms with Crippen LogP contribution in [-0.4, -0.2) is 56.5 Å². The first-order chi connectivity index (χ1) is 19.2. The van der Waals surface area contributed by atoms with Crippen LogP contribution in [0.25, 0.3) is 10.3 Å². The molecule has 0 aromatic carbocycles. The predicted molar refractivity (Wildman–Crippen MR) is 154 cm³/mol. The number of thiazole rings is 1. The maximum Gasteiger partial charge on any atom is 0.178 e. The summed E-state index contributed by atoms with van der Waals surface area (Å²) in [4.78, 5) is 36.6. The molecule has 1 aliphatic heterocycles. The van der Waals surface area contributed by atoms with Crippen LogP contribution in [0.1, 0.15) is 59.3 Å². The number of aliphatic hydroxyl groups excluding tert-OH is 1. The molecule has 7 rings (SSSR count). The lowest BCUT2D eigenvalue weighted by molar-refractivity contribution is -0.197. The van der Waals surface area contributed by atoms with E-state index in [4.69, 9.17) is 9.47 Å². The van der Waals surface area contributed by atoms with Crippen molar-refractivity contribution in [2.45, 2.75) is 87.7 Å². The van der Waals surface area contributed by atoms with Crippen LogP contribution in [0.15, 0.2) is 46.5 Å². The second kappa shape index (κ2) is 9.56. The van der Waals surface area contributed by atoms with Crippen molar-refractivity contribution >= 4 is 45.0 Å². The molecule has 6 unspecified atom stereocenters. The van der Waals surface area contributed by atoms with Crippen molar-refractivity contribution in [1.82, 2.24) is 9.97 Å². The Morgan fingerprint density at radius 1 is 1.32 bits per heavy atom. The molecule has 9 heteroatoms.